The minimum Gasteiger partial charge on any atom is -0.339 e. The molecule has 7 heteroatoms. The molecule has 0 atom stereocenters. The third kappa shape index (κ3) is 1.95. The molecule has 2 aromatic heterocycles. The average molecular weight is 250 g/mol. The first-order valence-electron chi connectivity index (χ1n) is 5.78. The standard InChI is InChI=1S/C10H14N6S/c1-2-8-13-9-11-7-12-16(9)10(14-8)15-3-5-17-6-4-15/h7H,2-6H2,1H3. The average Bonchev–Trinajstić information content (AvgIpc) is 2.86. The quantitative estimate of drug-likeness (QED) is 0.779. The molecule has 1 saturated heterocycles. The number of rotatable bonds is 2. The third-order valence-corrected chi connectivity index (χ3v) is 3.73. The van der Waals surface area contributed by atoms with Crippen molar-refractivity contribution in [3.05, 3.63) is 12.2 Å². The molecule has 1 aliphatic rings. The molecule has 3 rings (SSSR count). The van der Waals surface area contributed by atoms with Crippen LogP contribution in [0.3, 0.4) is 0 Å². The summed E-state index contributed by atoms with van der Waals surface area (Å²) in [4.78, 5) is 15.4. The summed E-state index contributed by atoms with van der Waals surface area (Å²) in [5.41, 5.74) is 0. The van der Waals surface area contributed by atoms with E-state index in [1.165, 1.54) is 6.33 Å². The highest BCUT2D eigenvalue weighted by atomic mass is 32.2. The maximum Gasteiger partial charge on any atom is 0.257 e. The van der Waals surface area contributed by atoms with Crippen molar-refractivity contribution in [2.24, 2.45) is 0 Å². The van der Waals surface area contributed by atoms with Crippen molar-refractivity contribution in [3.8, 4) is 0 Å². The van der Waals surface area contributed by atoms with Crippen LogP contribution in [0.2, 0.25) is 0 Å². The molecule has 0 amide bonds. The van der Waals surface area contributed by atoms with Gasteiger partial charge < -0.3 is 4.90 Å². The van der Waals surface area contributed by atoms with Crippen LogP contribution in [-0.4, -0.2) is 49.2 Å². The normalized spacial score (nSPS) is 16.6. The Morgan fingerprint density at radius 3 is 2.88 bits per heavy atom. The lowest BCUT2D eigenvalue weighted by molar-refractivity contribution is 0.746. The lowest BCUT2D eigenvalue weighted by Gasteiger charge is -2.27. The Labute approximate surface area is 103 Å². The second-order valence-electron chi connectivity index (χ2n) is 3.86. The first-order chi connectivity index (χ1) is 8.38. The summed E-state index contributed by atoms with van der Waals surface area (Å²) in [6.07, 6.45) is 2.35. The van der Waals surface area contributed by atoms with E-state index in [-0.39, 0.29) is 0 Å². The Hall–Kier alpha value is -1.37. The van der Waals surface area contributed by atoms with Crippen LogP contribution in [0.4, 0.5) is 5.95 Å². The lowest BCUT2D eigenvalue weighted by Crippen LogP contribution is -2.35. The van der Waals surface area contributed by atoms with Crippen LogP contribution in [0, 0.1) is 0 Å². The summed E-state index contributed by atoms with van der Waals surface area (Å²) in [5, 5.41) is 4.20. The van der Waals surface area contributed by atoms with Crippen LogP contribution in [-0.2, 0) is 6.42 Å². The molecule has 0 N–H and O–H groups in total. The number of fused-ring (bicyclic) bond motifs is 1. The highest BCUT2D eigenvalue weighted by Gasteiger charge is 2.17. The zero-order valence-electron chi connectivity index (χ0n) is 9.70. The van der Waals surface area contributed by atoms with E-state index in [4.69, 9.17) is 0 Å². The van der Waals surface area contributed by atoms with Gasteiger partial charge in [-0.3, -0.25) is 0 Å². The molecule has 6 nitrogen and oxygen atoms in total. The van der Waals surface area contributed by atoms with Crippen LogP contribution < -0.4 is 4.90 Å². The Balaban J connectivity index is 2.08. The fourth-order valence-electron chi connectivity index (χ4n) is 1.88. The van der Waals surface area contributed by atoms with E-state index in [9.17, 15) is 0 Å². The van der Waals surface area contributed by atoms with Crippen molar-refractivity contribution in [3.63, 3.8) is 0 Å². The van der Waals surface area contributed by atoms with Gasteiger partial charge in [0.15, 0.2) is 0 Å². The number of hydrogen-bond acceptors (Lipinski definition) is 6. The minimum atomic E-state index is 0.644. The van der Waals surface area contributed by atoms with E-state index in [0.29, 0.717) is 5.78 Å². The van der Waals surface area contributed by atoms with Gasteiger partial charge in [0.1, 0.15) is 12.2 Å². The van der Waals surface area contributed by atoms with Crippen molar-refractivity contribution >= 4 is 23.5 Å². The first-order valence-corrected chi connectivity index (χ1v) is 6.93. The van der Waals surface area contributed by atoms with Gasteiger partial charge in [0.25, 0.3) is 5.78 Å². The zero-order valence-corrected chi connectivity index (χ0v) is 10.5. The second kappa shape index (κ2) is 4.48. The van der Waals surface area contributed by atoms with Gasteiger partial charge in [-0.25, -0.2) is 0 Å². The fourth-order valence-corrected chi connectivity index (χ4v) is 2.79. The molecule has 1 aliphatic heterocycles. The lowest BCUT2D eigenvalue weighted by atomic mass is 10.4. The molecule has 0 aromatic carbocycles. The second-order valence-corrected chi connectivity index (χ2v) is 5.09. The molecular weight excluding hydrogens is 236 g/mol. The Bertz CT molecular complexity index is 518. The Morgan fingerprint density at radius 2 is 2.12 bits per heavy atom. The van der Waals surface area contributed by atoms with E-state index in [1.807, 2.05) is 11.8 Å². The number of aryl methyl sites for hydroxylation is 1. The van der Waals surface area contributed by atoms with E-state index in [0.717, 1.165) is 42.8 Å². The molecule has 17 heavy (non-hydrogen) atoms. The largest absolute Gasteiger partial charge is 0.339 e. The molecule has 2 aromatic rings. The first kappa shape index (κ1) is 10.8. The van der Waals surface area contributed by atoms with Gasteiger partial charge in [0, 0.05) is 31.0 Å². The summed E-state index contributed by atoms with van der Waals surface area (Å²) in [6.45, 7) is 4.08. The number of thioether (sulfide) groups is 1. The Kier molecular flexibility index (Phi) is 2.84. The molecule has 0 saturated carbocycles. The number of anilines is 1. The predicted molar refractivity (Wildman–Crippen MR) is 67.5 cm³/mol. The molecule has 0 spiro atoms. The smallest absolute Gasteiger partial charge is 0.257 e. The maximum absolute atomic E-state index is 4.58. The van der Waals surface area contributed by atoms with Crippen LogP contribution >= 0.6 is 11.8 Å². The van der Waals surface area contributed by atoms with Crippen LogP contribution in [0.1, 0.15) is 12.7 Å². The highest BCUT2D eigenvalue weighted by Crippen LogP contribution is 2.17. The van der Waals surface area contributed by atoms with Gasteiger partial charge in [0.2, 0.25) is 5.95 Å². The van der Waals surface area contributed by atoms with Gasteiger partial charge >= 0.3 is 0 Å². The summed E-state index contributed by atoms with van der Waals surface area (Å²) in [5.74, 6) is 4.64. The maximum atomic E-state index is 4.58. The SMILES string of the molecule is CCc1nc(N2CCSCC2)n2ncnc2n1. The summed E-state index contributed by atoms with van der Waals surface area (Å²) < 4.78 is 1.73. The summed E-state index contributed by atoms with van der Waals surface area (Å²) >= 11 is 1.98. The van der Waals surface area contributed by atoms with Crippen molar-refractivity contribution < 1.29 is 0 Å². The van der Waals surface area contributed by atoms with Crippen LogP contribution in [0.5, 0.6) is 0 Å². The van der Waals surface area contributed by atoms with Gasteiger partial charge in [-0.2, -0.15) is 36.3 Å². The molecule has 0 unspecified atom stereocenters. The van der Waals surface area contributed by atoms with Crippen molar-refractivity contribution in [2.45, 2.75) is 13.3 Å². The van der Waals surface area contributed by atoms with Gasteiger partial charge in [-0.15, -0.1) is 0 Å². The number of nitrogens with zero attached hydrogens (tertiary/aromatic N) is 6. The molecule has 0 bridgehead atoms. The molecule has 0 aliphatic carbocycles. The highest BCUT2D eigenvalue weighted by molar-refractivity contribution is 7.99. The monoisotopic (exact) mass is 250 g/mol. The van der Waals surface area contributed by atoms with Gasteiger partial charge in [0.05, 0.1) is 0 Å². The van der Waals surface area contributed by atoms with E-state index in [2.05, 4.69) is 31.9 Å². The molecule has 90 valence electrons. The number of aromatic nitrogens is 5. The summed E-state index contributed by atoms with van der Waals surface area (Å²) in [7, 11) is 0. The van der Waals surface area contributed by atoms with Crippen molar-refractivity contribution in [1.29, 1.82) is 0 Å². The molecule has 3 heterocycles. The van der Waals surface area contributed by atoms with Crippen LogP contribution in [0.15, 0.2) is 6.33 Å². The van der Waals surface area contributed by atoms with Crippen molar-refractivity contribution in [2.75, 3.05) is 29.5 Å². The minimum absolute atomic E-state index is 0.644. The third-order valence-electron chi connectivity index (χ3n) is 2.79. The van der Waals surface area contributed by atoms with E-state index >= 15 is 0 Å². The number of hydrogen-bond donors (Lipinski definition) is 0. The molecule has 1 fully saturated rings. The van der Waals surface area contributed by atoms with Crippen LogP contribution in [0.25, 0.3) is 5.78 Å². The Morgan fingerprint density at radius 1 is 1.29 bits per heavy atom. The fraction of sp³-hybridized carbons (Fsp3) is 0.600. The zero-order chi connectivity index (χ0) is 11.7. The van der Waals surface area contributed by atoms with Gasteiger partial charge in [-0.05, 0) is 0 Å². The van der Waals surface area contributed by atoms with Gasteiger partial charge in [-0.1, -0.05) is 6.92 Å². The van der Waals surface area contributed by atoms with Crippen molar-refractivity contribution in [1.82, 2.24) is 24.6 Å². The van der Waals surface area contributed by atoms with E-state index < -0.39 is 0 Å². The summed E-state index contributed by atoms with van der Waals surface area (Å²) in [6, 6.07) is 0. The predicted octanol–water partition coefficient (Wildman–Crippen LogP) is 0.635. The molecule has 0 radical (unpaired) electrons. The topological polar surface area (TPSA) is 59.2 Å². The molecular formula is C10H14N6S. The van der Waals surface area contributed by atoms with E-state index in [1.54, 1.807) is 4.52 Å².